The fourth-order valence-corrected chi connectivity index (χ4v) is 8.34. The average Bonchev–Trinajstić information content (AvgIpc) is 3.23. The van der Waals surface area contributed by atoms with Gasteiger partial charge in [-0.15, -0.1) is 0 Å². The second-order valence-corrected chi connectivity index (χ2v) is 19.8. The van der Waals surface area contributed by atoms with Gasteiger partial charge in [-0.25, -0.2) is 0 Å². The van der Waals surface area contributed by atoms with Crippen molar-refractivity contribution in [3.63, 3.8) is 0 Å². The molecule has 0 aromatic carbocycles. The van der Waals surface area contributed by atoms with E-state index in [9.17, 15) is 14.4 Å². The van der Waals surface area contributed by atoms with Gasteiger partial charge in [0.05, 0.1) is 0 Å². The van der Waals surface area contributed by atoms with Crippen molar-refractivity contribution >= 4 is 17.9 Å². The first kappa shape index (κ1) is 59.4. The standard InChI is InChI=1S/C55H106O6/c1-6-7-8-9-10-11-12-13-14-21-27-32-37-42-47-55(58)61-52(49-60-54(57)46-41-36-31-26-22-17-19-24-29-34-39-44-51(4)5)48-59-53(56)45-40-35-30-25-20-16-15-18-23-28-33-38-43-50(2)3/h50-52H,6-49H2,1-5H3/t52-/m1/s1. The van der Waals surface area contributed by atoms with Gasteiger partial charge >= 0.3 is 17.9 Å². The maximum atomic E-state index is 12.8. The Morgan fingerprint density at radius 1 is 0.311 bits per heavy atom. The van der Waals surface area contributed by atoms with Crippen molar-refractivity contribution in [3.8, 4) is 0 Å². The molecule has 0 rings (SSSR count). The summed E-state index contributed by atoms with van der Waals surface area (Å²) in [4.78, 5) is 38.0. The summed E-state index contributed by atoms with van der Waals surface area (Å²) in [6.07, 6.45) is 49.4. The smallest absolute Gasteiger partial charge is 0.306 e. The molecule has 0 spiro atoms. The molecule has 1 atom stereocenters. The molecule has 0 saturated heterocycles. The van der Waals surface area contributed by atoms with Crippen LogP contribution < -0.4 is 0 Å². The lowest BCUT2D eigenvalue weighted by Gasteiger charge is -2.18. The van der Waals surface area contributed by atoms with E-state index in [0.717, 1.165) is 69.6 Å². The van der Waals surface area contributed by atoms with Gasteiger partial charge in [0.15, 0.2) is 6.10 Å². The highest BCUT2D eigenvalue weighted by atomic mass is 16.6. The van der Waals surface area contributed by atoms with Gasteiger partial charge in [-0.2, -0.15) is 0 Å². The molecule has 0 aliphatic carbocycles. The van der Waals surface area contributed by atoms with Crippen molar-refractivity contribution in [2.45, 2.75) is 310 Å². The van der Waals surface area contributed by atoms with Crippen LogP contribution in [0.3, 0.4) is 0 Å². The summed E-state index contributed by atoms with van der Waals surface area (Å²) >= 11 is 0. The van der Waals surface area contributed by atoms with Gasteiger partial charge in [-0.1, -0.05) is 266 Å². The van der Waals surface area contributed by atoms with E-state index in [-0.39, 0.29) is 31.1 Å². The molecule has 0 bridgehead atoms. The van der Waals surface area contributed by atoms with Crippen molar-refractivity contribution in [1.29, 1.82) is 0 Å². The molecule has 61 heavy (non-hydrogen) atoms. The van der Waals surface area contributed by atoms with E-state index in [0.29, 0.717) is 19.3 Å². The molecule has 0 amide bonds. The lowest BCUT2D eigenvalue weighted by atomic mass is 10.0. The normalized spacial score (nSPS) is 12.0. The average molecular weight is 863 g/mol. The Bertz CT molecular complexity index is 931. The third-order valence-corrected chi connectivity index (χ3v) is 12.5. The number of rotatable bonds is 49. The lowest BCUT2D eigenvalue weighted by Crippen LogP contribution is -2.30. The highest BCUT2D eigenvalue weighted by Crippen LogP contribution is 2.18. The molecule has 0 aromatic heterocycles. The summed E-state index contributed by atoms with van der Waals surface area (Å²) < 4.78 is 16.8. The van der Waals surface area contributed by atoms with Crippen LogP contribution >= 0.6 is 0 Å². The zero-order valence-corrected chi connectivity index (χ0v) is 41.8. The van der Waals surface area contributed by atoms with Crippen LogP contribution in [0, 0.1) is 11.8 Å². The number of hydrogen-bond donors (Lipinski definition) is 0. The second kappa shape index (κ2) is 47.9. The summed E-state index contributed by atoms with van der Waals surface area (Å²) in [5, 5.41) is 0. The first-order chi connectivity index (χ1) is 29.7. The molecule has 0 aliphatic heterocycles. The number of unbranched alkanes of at least 4 members (excludes halogenated alkanes) is 34. The third-order valence-electron chi connectivity index (χ3n) is 12.5. The summed E-state index contributed by atoms with van der Waals surface area (Å²) in [6, 6.07) is 0. The molecule has 0 N–H and O–H groups in total. The summed E-state index contributed by atoms with van der Waals surface area (Å²) in [7, 11) is 0. The Kier molecular flexibility index (Phi) is 46.6. The van der Waals surface area contributed by atoms with Crippen molar-refractivity contribution in [2.24, 2.45) is 11.8 Å². The van der Waals surface area contributed by atoms with Crippen LogP contribution in [0.1, 0.15) is 304 Å². The number of carbonyl (C=O) groups is 3. The lowest BCUT2D eigenvalue weighted by molar-refractivity contribution is -0.167. The molecular weight excluding hydrogens is 757 g/mol. The Hall–Kier alpha value is -1.59. The van der Waals surface area contributed by atoms with Gasteiger partial charge < -0.3 is 14.2 Å². The van der Waals surface area contributed by atoms with Gasteiger partial charge in [0.1, 0.15) is 13.2 Å². The van der Waals surface area contributed by atoms with Crippen LogP contribution in [0.25, 0.3) is 0 Å². The first-order valence-electron chi connectivity index (χ1n) is 27.2. The molecule has 0 aromatic rings. The Morgan fingerprint density at radius 3 is 0.803 bits per heavy atom. The summed E-state index contributed by atoms with van der Waals surface area (Å²) in [6.45, 7) is 11.4. The molecular formula is C55H106O6. The quantitative estimate of drug-likeness (QED) is 0.0344. The topological polar surface area (TPSA) is 78.9 Å². The number of esters is 3. The minimum Gasteiger partial charge on any atom is -0.462 e. The Morgan fingerprint density at radius 2 is 0.541 bits per heavy atom. The van der Waals surface area contributed by atoms with Gasteiger partial charge in [-0.3, -0.25) is 14.4 Å². The number of hydrogen-bond acceptors (Lipinski definition) is 6. The molecule has 6 nitrogen and oxygen atoms in total. The van der Waals surface area contributed by atoms with Crippen LogP contribution in [0.4, 0.5) is 0 Å². The van der Waals surface area contributed by atoms with E-state index >= 15 is 0 Å². The monoisotopic (exact) mass is 863 g/mol. The highest BCUT2D eigenvalue weighted by molar-refractivity contribution is 5.71. The van der Waals surface area contributed by atoms with Gasteiger partial charge in [-0.05, 0) is 31.1 Å². The minimum atomic E-state index is -0.762. The predicted molar refractivity (Wildman–Crippen MR) is 261 cm³/mol. The molecule has 362 valence electrons. The Labute approximate surface area is 380 Å². The van der Waals surface area contributed by atoms with Crippen LogP contribution in [0.15, 0.2) is 0 Å². The maximum Gasteiger partial charge on any atom is 0.306 e. The van der Waals surface area contributed by atoms with E-state index in [1.54, 1.807) is 0 Å². The number of carbonyl (C=O) groups excluding carboxylic acids is 3. The Balaban J connectivity index is 4.31. The van der Waals surface area contributed by atoms with Crippen molar-refractivity contribution < 1.29 is 28.6 Å². The van der Waals surface area contributed by atoms with Gasteiger partial charge in [0.25, 0.3) is 0 Å². The van der Waals surface area contributed by atoms with Crippen molar-refractivity contribution in [3.05, 3.63) is 0 Å². The minimum absolute atomic E-state index is 0.0632. The van der Waals surface area contributed by atoms with E-state index in [1.807, 2.05) is 0 Å². The molecule has 0 heterocycles. The van der Waals surface area contributed by atoms with Gasteiger partial charge in [0, 0.05) is 19.3 Å². The van der Waals surface area contributed by atoms with E-state index in [1.165, 1.54) is 193 Å². The summed E-state index contributed by atoms with van der Waals surface area (Å²) in [5.74, 6) is 0.817. The van der Waals surface area contributed by atoms with Crippen LogP contribution in [0.2, 0.25) is 0 Å². The highest BCUT2D eigenvalue weighted by Gasteiger charge is 2.19. The number of ether oxygens (including phenoxy) is 3. The molecule has 0 fully saturated rings. The molecule has 0 radical (unpaired) electrons. The van der Waals surface area contributed by atoms with Crippen molar-refractivity contribution in [2.75, 3.05) is 13.2 Å². The van der Waals surface area contributed by atoms with E-state index in [4.69, 9.17) is 14.2 Å². The van der Waals surface area contributed by atoms with E-state index < -0.39 is 6.10 Å². The maximum absolute atomic E-state index is 12.8. The fourth-order valence-electron chi connectivity index (χ4n) is 8.34. The van der Waals surface area contributed by atoms with Crippen LogP contribution in [-0.4, -0.2) is 37.2 Å². The predicted octanol–water partition coefficient (Wildman–Crippen LogP) is 17.7. The molecule has 0 aliphatic rings. The fraction of sp³-hybridized carbons (Fsp3) is 0.945. The second-order valence-electron chi connectivity index (χ2n) is 19.8. The zero-order chi connectivity index (χ0) is 44.7. The van der Waals surface area contributed by atoms with Crippen molar-refractivity contribution in [1.82, 2.24) is 0 Å². The molecule has 0 saturated carbocycles. The molecule has 6 heteroatoms. The van der Waals surface area contributed by atoms with Crippen LogP contribution in [0.5, 0.6) is 0 Å². The van der Waals surface area contributed by atoms with E-state index in [2.05, 4.69) is 34.6 Å². The molecule has 0 unspecified atom stereocenters. The SMILES string of the molecule is CCCCCCCCCCCCCCCCC(=O)O[C@H](COC(=O)CCCCCCCCCCCCCCC(C)C)COC(=O)CCCCCCCCCCCCCC(C)C. The summed E-state index contributed by atoms with van der Waals surface area (Å²) in [5.41, 5.74) is 0. The largest absolute Gasteiger partial charge is 0.462 e. The van der Waals surface area contributed by atoms with Gasteiger partial charge in [0.2, 0.25) is 0 Å². The first-order valence-corrected chi connectivity index (χ1v) is 27.2. The third kappa shape index (κ3) is 49.3. The zero-order valence-electron chi connectivity index (χ0n) is 41.8. The van der Waals surface area contributed by atoms with Crippen LogP contribution in [-0.2, 0) is 28.6 Å².